The number of piperazine rings is 1. The third-order valence-electron chi connectivity index (χ3n) is 6.29. The average molecular weight is 493 g/mol. The fourth-order valence-electron chi connectivity index (χ4n) is 4.49. The number of guanidine groups is 1. The van der Waals surface area contributed by atoms with Crippen LogP contribution in [0.25, 0.3) is 0 Å². The zero-order valence-electron chi connectivity index (χ0n) is 16.8. The van der Waals surface area contributed by atoms with Crippen LogP contribution in [0.1, 0.15) is 39.0 Å². The number of amides is 1. The Balaban J connectivity index is 0.00000261. The summed E-state index contributed by atoms with van der Waals surface area (Å²) in [5.74, 6) is 1.54. The number of aliphatic imine (C=N–C) groups is 1. The minimum absolute atomic E-state index is 0. The van der Waals surface area contributed by atoms with Gasteiger partial charge in [-0.15, -0.1) is 24.0 Å². The van der Waals surface area contributed by atoms with Crippen molar-refractivity contribution >= 4 is 35.8 Å². The SMILES string of the molecule is CN=C(NCC1CCCC1O)N1CCN(C(C)C(=O)N2CCCC2)CC1.I. The van der Waals surface area contributed by atoms with Crippen molar-refractivity contribution < 1.29 is 9.90 Å². The molecule has 3 rings (SSSR count). The van der Waals surface area contributed by atoms with Crippen LogP contribution in [0.4, 0.5) is 0 Å². The zero-order chi connectivity index (χ0) is 18.5. The second-order valence-corrected chi connectivity index (χ2v) is 7.92. The van der Waals surface area contributed by atoms with Gasteiger partial charge in [-0.05, 0) is 32.6 Å². The van der Waals surface area contributed by atoms with E-state index in [0.29, 0.717) is 5.92 Å². The molecule has 7 nitrogen and oxygen atoms in total. The highest BCUT2D eigenvalue weighted by Gasteiger charge is 2.31. The minimum atomic E-state index is -0.171. The summed E-state index contributed by atoms with van der Waals surface area (Å²) in [5, 5.41) is 13.4. The van der Waals surface area contributed by atoms with Crippen LogP contribution in [-0.4, -0.2) is 96.7 Å². The Morgan fingerprint density at radius 2 is 1.74 bits per heavy atom. The Hall–Kier alpha value is -0.610. The first kappa shape index (κ1) is 22.7. The fourth-order valence-corrected chi connectivity index (χ4v) is 4.49. The predicted octanol–water partition coefficient (Wildman–Crippen LogP) is 0.969. The molecule has 1 amide bonds. The molecule has 0 aromatic rings. The van der Waals surface area contributed by atoms with E-state index in [1.165, 1.54) is 0 Å². The number of aliphatic hydroxyl groups excluding tert-OH is 1. The van der Waals surface area contributed by atoms with Gasteiger partial charge in [0.1, 0.15) is 0 Å². The van der Waals surface area contributed by atoms with Crippen molar-refractivity contribution in [1.82, 2.24) is 20.0 Å². The molecule has 2 heterocycles. The first-order chi connectivity index (χ1) is 12.6. The molecule has 0 radical (unpaired) electrons. The predicted molar refractivity (Wildman–Crippen MR) is 119 cm³/mol. The Labute approximate surface area is 180 Å². The molecular formula is C19H36IN5O2. The summed E-state index contributed by atoms with van der Waals surface area (Å²) in [6.07, 6.45) is 5.25. The van der Waals surface area contributed by atoms with Crippen molar-refractivity contribution in [2.45, 2.75) is 51.2 Å². The van der Waals surface area contributed by atoms with Crippen LogP contribution >= 0.6 is 24.0 Å². The highest BCUT2D eigenvalue weighted by atomic mass is 127. The molecule has 0 spiro atoms. The molecule has 3 fully saturated rings. The van der Waals surface area contributed by atoms with Crippen LogP contribution in [0.15, 0.2) is 4.99 Å². The van der Waals surface area contributed by atoms with E-state index in [0.717, 1.165) is 83.9 Å². The molecule has 1 saturated carbocycles. The van der Waals surface area contributed by atoms with Crippen molar-refractivity contribution in [2.75, 3.05) is 52.9 Å². The summed E-state index contributed by atoms with van der Waals surface area (Å²) in [7, 11) is 1.82. The van der Waals surface area contributed by atoms with Gasteiger partial charge in [0.15, 0.2) is 5.96 Å². The van der Waals surface area contributed by atoms with Gasteiger partial charge in [0.05, 0.1) is 12.1 Å². The first-order valence-corrected chi connectivity index (χ1v) is 10.3. The lowest BCUT2D eigenvalue weighted by Gasteiger charge is -2.39. The quantitative estimate of drug-likeness (QED) is 0.347. The first-order valence-electron chi connectivity index (χ1n) is 10.3. The number of hydrogen-bond donors (Lipinski definition) is 2. The lowest BCUT2D eigenvalue weighted by Crippen LogP contribution is -2.57. The largest absolute Gasteiger partial charge is 0.393 e. The van der Waals surface area contributed by atoms with Gasteiger partial charge in [0.2, 0.25) is 5.91 Å². The van der Waals surface area contributed by atoms with Crippen molar-refractivity contribution in [3.8, 4) is 0 Å². The second kappa shape index (κ2) is 10.8. The molecule has 1 aliphatic carbocycles. The maximum absolute atomic E-state index is 12.6. The fraction of sp³-hybridized carbons (Fsp3) is 0.895. The Bertz CT molecular complexity index is 504. The van der Waals surface area contributed by atoms with Crippen molar-refractivity contribution in [1.29, 1.82) is 0 Å². The molecular weight excluding hydrogens is 457 g/mol. The van der Waals surface area contributed by atoms with E-state index in [2.05, 4.69) is 20.1 Å². The Kier molecular flexibility index (Phi) is 9.07. The Morgan fingerprint density at radius 1 is 1.07 bits per heavy atom. The van der Waals surface area contributed by atoms with Gasteiger partial charge in [0.25, 0.3) is 0 Å². The number of nitrogens with zero attached hydrogens (tertiary/aromatic N) is 4. The Morgan fingerprint density at radius 3 is 2.30 bits per heavy atom. The highest BCUT2D eigenvalue weighted by Crippen LogP contribution is 2.24. The van der Waals surface area contributed by atoms with E-state index < -0.39 is 0 Å². The molecule has 3 atom stereocenters. The highest BCUT2D eigenvalue weighted by molar-refractivity contribution is 14.0. The number of carbonyl (C=O) groups excluding carboxylic acids is 1. The summed E-state index contributed by atoms with van der Waals surface area (Å²) in [6.45, 7) is 8.21. The molecule has 0 aromatic heterocycles. The van der Waals surface area contributed by atoms with Gasteiger partial charge in [-0.25, -0.2) is 0 Å². The van der Waals surface area contributed by atoms with Gasteiger partial charge in [-0.3, -0.25) is 14.7 Å². The van der Waals surface area contributed by atoms with Crippen LogP contribution in [0.2, 0.25) is 0 Å². The number of aliphatic hydroxyl groups is 1. The van der Waals surface area contributed by atoms with Gasteiger partial charge in [-0.2, -0.15) is 0 Å². The van der Waals surface area contributed by atoms with E-state index in [1.54, 1.807) is 0 Å². The molecule has 8 heteroatoms. The molecule has 3 aliphatic rings. The molecule has 156 valence electrons. The maximum atomic E-state index is 12.6. The second-order valence-electron chi connectivity index (χ2n) is 7.92. The van der Waals surface area contributed by atoms with Crippen LogP contribution < -0.4 is 5.32 Å². The lowest BCUT2D eigenvalue weighted by molar-refractivity contribution is -0.135. The van der Waals surface area contributed by atoms with Crippen LogP contribution in [-0.2, 0) is 4.79 Å². The monoisotopic (exact) mass is 493 g/mol. The van der Waals surface area contributed by atoms with E-state index in [-0.39, 0.29) is 42.0 Å². The molecule has 2 N–H and O–H groups in total. The standard InChI is InChI=1S/C19H35N5O2.HI/c1-15(18(26)23-8-3-4-9-23)22-10-12-24(13-11-22)19(20-2)21-14-16-6-5-7-17(16)25;/h15-17,25H,3-14H2,1-2H3,(H,20,21);1H. The molecule has 2 saturated heterocycles. The summed E-state index contributed by atoms with van der Waals surface area (Å²) < 4.78 is 0. The average Bonchev–Trinajstić information content (AvgIpc) is 3.34. The lowest BCUT2D eigenvalue weighted by atomic mass is 10.1. The van der Waals surface area contributed by atoms with Crippen LogP contribution in [0.5, 0.6) is 0 Å². The molecule has 0 bridgehead atoms. The van der Waals surface area contributed by atoms with Crippen molar-refractivity contribution in [3.63, 3.8) is 0 Å². The van der Waals surface area contributed by atoms with Crippen molar-refractivity contribution in [2.24, 2.45) is 10.9 Å². The number of hydrogen-bond acceptors (Lipinski definition) is 4. The third kappa shape index (κ3) is 5.69. The number of rotatable bonds is 4. The summed E-state index contributed by atoms with van der Waals surface area (Å²) in [4.78, 5) is 23.6. The maximum Gasteiger partial charge on any atom is 0.239 e. The van der Waals surface area contributed by atoms with Gasteiger partial charge < -0.3 is 20.2 Å². The molecule has 3 unspecified atom stereocenters. The van der Waals surface area contributed by atoms with E-state index in [1.807, 2.05) is 18.9 Å². The zero-order valence-corrected chi connectivity index (χ0v) is 19.1. The van der Waals surface area contributed by atoms with E-state index >= 15 is 0 Å². The molecule has 27 heavy (non-hydrogen) atoms. The summed E-state index contributed by atoms with van der Waals surface area (Å²) in [5.41, 5.74) is 0. The number of likely N-dealkylation sites (tertiary alicyclic amines) is 1. The normalized spacial score (nSPS) is 28.2. The minimum Gasteiger partial charge on any atom is -0.393 e. The van der Waals surface area contributed by atoms with Gasteiger partial charge in [-0.1, -0.05) is 6.42 Å². The van der Waals surface area contributed by atoms with E-state index in [9.17, 15) is 9.90 Å². The summed E-state index contributed by atoms with van der Waals surface area (Å²) >= 11 is 0. The van der Waals surface area contributed by atoms with E-state index in [4.69, 9.17) is 0 Å². The number of nitrogens with one attached hydrogen (secondary N) is 1. The van der Waals surface area contributed by atoms with Gasteiger partial charge >= 0.3 is 0 Å². The third-order valence-corrected chi connectivity index (χ3v) is 6.29. The topological polar surface area (TPSA) is 71.4 Å². The molecule has 0 aromatic carbocycles. The van der Waals surface area contributed by atoms with Gasteiger partial charge in [0, 0.05) is 58.8 Å². The smallest absolute Gasteiger partial charge is 0.239 e. The van der Waals surface area contributed by atoms with Crippen LogP contribution in [0.3, 0.4) is 0 Å². The van der Waals surface area contributed by atoms with Crippen LogP contribution in [0, 0.1) is 5.92 Å². The number of halogens is 1. The molecule has 2 aliphatic heterocycles. The number of carbonyl (C=O) groups is 1. The van der Waals surface area contributed by atoms with Crippen molar-refractivity contribution in [3.05, 3.63) is 0 Å². The summed E-state index contributed by atoms with van der Waals surface area (Å²) in [6, 6.07) is -0.0288.